The van der Waals surface area contributed by atoms with Gasteiger partial charge in [0, 0.05) is 11.4 Å². The monoisotopic (exact) mass is 496 g/mol. The Balaban J connectivity index is 1.55. The molecule has 0 aliphatic heterocycles. The van der Waals surface area contributed by atoms with Crippen LogP contribution in [0.1, 0.15) is 21.9 Å². The van der Waals surface area contributed by atoms with Gasteiger partial charge in [0.25, 0.3) is 0 Å². The third-order valence-electron chi connectivity index (χ3n) is 5.60. The van der Waals surface area contributed by atoms with Crippen molar-refractivity contribution in [3.8, 4) is 16.4 Å². The van der Waals surface area contributed by atoms with E-state index >= 15 is 0 Å². The first-order valence-corrected chi connectivity index (χ1v) is 13.0. The number of hydrogen-bond donors (Lipinski definition) is 1. The molecule has 0 unspecified atom stereocenters. The number of benzene rings is 3. The van der Waals surface area contributed by atoms with E-state index in [1.165, 1.54) is 11.8 Å². The van der Waals surface area contributed by atoms with Crippen LogP contribution < -0.4 is 5.32 Å². The van der Waals surface area contributed by atoms with Crippen LogP contribution in [0.4, 0.5) is 5.69 Å². The van der Waals surface area contributed by atoms with Crippen LogP contribution in [0.5, 0.6) is 0 Å². The van der Waals surface area contributed by atoms with Crippen molar-refractivity contribution in [1.29, 1.82) is 0 Å². The van der Waals surface area contributed by atoms with Gasteiger partial charge in [-0.2, -0.15) is 0 Å². The summed E-state index contributed by atoms with van der Waals surface area (Å²) in [7, 11) is 0. The van der Waals surface area contributed by atoms with E-state index in [0.717, 1.165) is 38.8 Å². The van der Waals surface area contributed by atoms with E-state index in [9.17, 15) is 4.79 Å². The fraction of sp³-hybridized carbons (Fsp3) is 0.107. The Hall–Kier alpha value is -3.68. The number of anilines is 1. The molecule has 5 nitrogen and oxygen atoms in total. The van der Waals surface area contributed by atoms with E-state index in [0.29, 0.717) is 5.16 Å². The first-order chi connectivity index (χ1) is 17.1. The summed E-state index contributed by atoms with van der Waals surface area (Å²) < 4.78 is 2.03. The fourth-order valence-electron chi connectivity index (χ4n) is 3.80. The van der Waals surface area contributed by atoms with Crippen LogP contribution in [0, 0.1) is 13.8 Å². The van der Waals surface area contributed by atoms with Crippen LogP contribution in [0.2, 0.25) is 0 Å². The largest absolute Gasteiger partial charge is 0.325 e. The van der Waals surface area contributed by atoms with Crippen molar-refractivity contribution >= 4 is 34.7 Å². The average molecular weight is 497 g/mol. The van der Waals surface area contributed by atoms with Gasteiger partial charge >= 0.3 is 0 Å². The molecule has 0 bridgehead atoms. The van der Waals surface area contributed by atoms with Gasteiger partial charge in [0.15, 0.2) is 11.0 Å². The van der Waals surface area contributed by atoms with Crippen LogP contribution >= 0.6 is 23.1 Å². The Morgan fingerprint density at radius 2 is 1.66 bits per heavy atom. The maximum absolute atomic E-state index is 13.7. The van der Waals surface area contributed by atoms with Gasteiger partial charge in [0.05, 0.1) is 4.88 Å². The third-order valence-corrected chi connectivity index (χ3v) is 7.67. The fourth-order valence-corrected chi connectivity index (χ4v) is 5.55. The van der Waals surface area contributed by atoms with Crippen LogP contribution in [0.3, 0.4) is 0 Å². The minimum Gasteiger partial charge on any atom is -0.325 e. The summed E-state index contributed by atoms with van der Waals surface area (Å²) in [4.78, 5) is 14.7. The highest BCUT2D eigenvalue weighted by Crippen LogP contribution is 2.39. The van der Waals surface area contributed by atoms with Gasteiger partial charge in [-0.25, -0.2) is 0 Å². The number of amides is 1. The number of aryl methyl sites for hydroxylation is 2. The first-order valence-electron chi connectivity index (χ1n) is 11.2. The van der Waals surface area contributed by atoms with Gasteiger partial charge in [-0.05, 0) is 60.2 Å². The number of para-hydroxylation sites is 1. The predicted molar refractivity (Wildman–Crippen MR) is 144 cm³/mol. The van der Waals surface area contributed by atoms with Gasteiger partial charge in [-0.1, -0.05) is 78.5 Å². The van der Waals surface area contributed by atoms with E-state index in [1.807, 2.05) is 115 Å². The van der Waals surface area contributed by atoms with Crippen LogP contribution in [-0.2, 0) is 4.79 Å². The lowest BCUT2D eigenvalue weighted by molar-refractivity contribution is -0.115. The highest BCUT2D eigenvalue weighted by molar-refractivity contribution is 8.00. The summed E-state index contributed by atoms with van der Waals surface area (Å²) in [5.41, 5.74) is 4.79. The maximum atomic E-state index is 13.7. The maximum Gasteiger partial charge on any atom is 0.242 e. The van der Waals surface area contributed by atoms with Crippen molar-refractivity contribution in [2.24, 2.45) is 0 Å². The highest BCUT2D eigenvalue weighted by atomic mass is 32.2. The van der Waals surface area contributed by atoms with E-state index in [-0.39, 0.29) is 5.91 Å². The van der Waals surface area contributed by atoms with Crippen molar-refractivity contribution < 1.29 is 4.79 Å². The molecule has 2 aromatic heterocycles. The molecule has 0 saturated heterocycles. The lowest BCUT2D eigenvalue weighted by atomic mass is 10.1. The quantitative estimate of drug-likeness (QED) is 0.245. The molecular weight excluding hydrogens is 472 g/mol. The minimum absolute atomic E-state index is 0.102. The van der Waals surface area contributed by atoms with E-state index in [2.05, 4.69) is 15.5 Å². The molecule has 174 valence electrons. The Morgan fingerprint density at radius 1 is 0.914 bits per heavy atom. The second-order valence-corrected chi connectivity index (χ2v) is 10.2. The van der Waals surface area contributed by atoms with Crippen LogP contribution in [0.15, 0.2) is 102 Å². The summed E-state index contributed by atoms with van der Waals surface area (Å²) in [5, 5.41) is 14.4. The van der Waals surface area contributed by atoms with Crippen molar-refractivity contribution in [2.45, 2.75) is 24.3 Å². The zero-order valence-corrected chi connectivity index (χ0v) is 21.0. The highest BCUT2D eigenvalue weighted by Gasteiger charge is 2.27. The summed E-state index contributed by atoms with van der Waals surface area (Å²) in [5.74, 6) is 0.658. The Bertz CT molecular complexity index is 1430. The molecule has 0 aliphatic carbocycles. The van der Waals surface area contributed by atoms with Gasteiger partial charge in [0.1, 0.15) is 5.25 Å². The number of rotatable bonds is 7. The molecule has 0 spiro atoms. The molecule has 2 heterocycles. The number of hydrogen-bond acceptors (Lipinski definition) is 5. The van der Waals surface area contributed by atoms with Gasteiger partial charge in [-0.15, -0.1) is 21.5 Å². The second kappa shape index (κ2) is 10.3. The molecule has 1 amide bonds. The lowest BCUT2D eigenvalue weighted by Crippen LogP contribution is -2.20. The summed E-state index contributed by atoms with van der Waals surface area (Å²) in [6, 6.07) is 29.9. The first kappa shape index (κ1) is 23.1. The Labute approximate surface area is 212 Å². The van der Waals surface area contributed by atoms with E-state index < -0.39 is 5.25 Å². The normalized spacial score (nSPS) is 11.8. The molecule has 5 rings (SSSR count). The summed E-state index contributed by atoms with van der Waals surface area (Å²) in [6.07, 6.45) is 0. The van der Waals surface area contributed by atoms with Crippen molar-refractivity contribution in [2.75, 3.05) is 5.32 Å². The second-order valence-electron chi connectivity index (χ2n) is 8.17. The average Bonchev–Trinajstić information content (AvgIpc) is 3.56. The predicted octanol–water partition coefficient (Wildman–Crippen LogP) is 7.08. The number of aromatic nitrogens is 3. The van der Waals surface area contributed by atoms with Crippen molar-refractivity contribution in [3.05, 3.63) is 113 Å². The topological polar surface area (TPSA) is 59.8 Å². The number of thioether (sulfide) groups is 1. The number of nitrogens with one attached hydrogen (secondary N) is 1. The molecule has 0 fully saturated rings. The SMILES string of the molecule is Cc1ccc(C)c(NC(=O)[C@@H](Sc2nnc(-c3cccs3)n2-c2ccccc2)c2ccccc2)c1. The number of carbonyl (C=O) groups is 1. The molecule has 1 atom stereocenters. The molecule has 3 aromatic carbocycles. The number of nitrogens with zero attached hydrogens (tertiary/aromatic N) is 3. The molecule has 35 heavy (non-hydrogen) atoms. The van der Waals surface area contributed by atoms with E-state index in [1.54, 1.807) is 11.3 Å². The Morgan fingerprint density at radius 3 is 2.37 bits per heavy atom. The van der Waals surface area contributed by atoms with Crippen LogP contribution in [-0.4, -0.2) is 20.7 Å². The molecule has 1 N–H and O–H groups in total. The van der Waals surface area contributed by atoms with Crippen LogP contribution in [0.25, 0.3) is 16.4 Å². The number of thiophene rings is 1. The molecule has 0 aliphatic rings. The van der Waals surface area contributed by atoms with Gasteiger partial charge in [-0.3, -0.25) is 9.36 Å². The lowest BCUT2D eigenvalue weighted by Gasteiger charge is -2.18. The summed E-state index contributed by atoms with van der Waals surface area (Å²) >= 11 is 3.01. The molecule has 0 saturated carbocycles. The standard InChI is InChI=1S/C28H24N4OS2/c1-19-15-16-20(2)23(18-19)29-27(33)25(21-10-5-3-6-11-21)35-28-31-30-26(24-14-9-17-34-24)32(28)22-12-7-4-8-13-22/h3-18,25H,1-2H3,(H,29,33)/t25-/m0/s1. The smallest absolute Gasteiger partial charge is 0.242 e. The summed E-state index contributed by atoms with van der Waals surface area (Å²) in [6.45, 7) is 4.02. The zero-order valence-electron chi connectivity index (χ0n) is 19.4. The molecular formula is C28H24N4OS2. The minimum atomic E-state index is -0.515. The zero-order chi connectivity index (χ0) is 24.2. The van der Waals surface area contributed by atoms with Crippen molar-refractivity contribution in [1.82, 2.24) is 14.8 Å². The molecule has 5 aromatic rings. The molecule has 7 heteroatoms. The number of carbonyl (C=O) groups excluding carboxylic acids is 1. The molecule has 0 radical (unpaired) electrons. The Kier molecular flexibility index (Phi) is 6.79. The van der Waals surface area contributed by atoms with Gasteiger partial charge < -0.3 is 5.32 Å². The van der Waals surface area contributed by atoms with Gasteiger partial charge in [0.2, 0.25) is 5.91 Å². The third kappa shape index (κ3) is 5.06. The van der Waals surface area contributed by atoms with E-state index in [4.69, 9.17) is 0 Å². The van der Waals surface area contributed by atoms with Crippen molar-refractivity contribution in [3.63, 3.8) is 0 Å².